The number of H-pyrrole nitrogens is 1. The Morgan fingerprint density at radius 2 is 1.62 bits per heavy atom. The number of aromatic nitrogens is 1. The molecule has 0 fully saturated rings. The summed E-state index contributed by atoms with van der Waals surface area (Å²) in [7, 11) is 2.21. The highest BCUT2D eigenvalue weighted by Crippen LogP contribution is 2.52. The normalized spacial score (nSPS) is 16.2. The van der Waals surface area contributed by atoms with Crippen molar-refractivity contribution in [1.82, 2.24) is 4.98 Å². The predicted molar refractivity (Wildman–Crippen MR) is 111 cm³/mol. The van der Waals surface area contributed by atoms with Gasteiger partial charge in [-0.1, -0.05) is 72.4 Å². The molecule has 0 saturated heterocycles. The average Bonchev–Trinajstić information content (AvgIpc) is 3.20. The number of hydrogen-bond acceptors (Lipinski definition) is 2. The smallest absolute Gasteiger partial charge is 0.107 e. The summed E-state index contributed by atoms with van der Waals surface area (Å²) in [5.41, 5.74) is 6.60. The van der Waals surface area contributed by atoms with Crippen molar-refractivity contribution in [3.05, 3.63) is 95.7 Å². The van der Waals surface area contributed by atoms with Crippen molar-refractivity contribution in [2.45, 2.75) is 16.7 Å². The van der Waals surface area contributed by atoms with Gasteiger partial charge in [-0.2, -0.15) is 0 Å². The van der Waals surface area contributed by atoms with E-state index in [-0.39, 0.29) is 0 Å². The minimum atomic E-state index is 0.294. The van der Waals surface area contributed by atoms with Crippen LogP contribution in [-0.4, -0.2) is 12.0 Å². The lowest BCUT2D eigenvalue weighted by Gasteiger charge is -2.23. The maximum atomic E-state index is 3.70. The Labute approximate surface area is 157 Å². The van der Waals surface area contributed by atoms with Crippen molar-refractivity contribution in [1.29, 1.82) is 0 Å². The van der Waals surface area contributed by atoms with E-state index in [0.717, 1.165) is 6.42 Å². The molecule has 4 aromatic rings. The summed E-state index contributed by atoms with van der Waals surface area (Å²) >= 11 is 1.95. The van der Waals surface area contributed by atoms with Gasteiger partial charge in [0, 0.05) is 40.5 Å². The number of benzene rings is 3. The minimum absolute atomic E-state index is 0.294. The van der Waals surface area contributed by atoms with Gasteiger partial charge in [0.2, 0.25) is 0 Å². The maximum absolute atomic E-state index is 3.70. The van der Waals surface area contributed by atoms with Crippen LogP contribution in [0.2, 0.25) is 0 Å². The van der Waals surface area contributed by atoms with Gasteiger partial charge in [0.05, 0.1) is 5.69 Å². The fourth-order valence-corrected chi connectivity index (χ4v) is 5.26. The lowest BCUT2D eigenvalue weighted by atomic mass is 10.0. The highest BCUT2D eigenvalue weighted by atomic mass is 32.2. The number of nitrogens with one attached hydrogen (secondary N) is 1. The average molecular weight is 356 g/mol. The van der Waals surface area contributed by atoms with E-state index in [1.807, 2.05) is 11.8 Å². The number of rotatable bonds is 3. The van der Waals surface area contributed by atoms with Crippen molar-refractivity contribution >= 4 is 28.4 Å². The Hall–Kier alpha value is -2.65. The van der Waals surface area contributed by atoms with Gasteiger partial charge in [0.25, 0.3) is 0 Å². The van der Waals surface area contributed by atoms with E-state index < -0.39 is 0 Å². The van der Waals surface area contributed by atoms with Crippen LogP contribution in [0.5, 0.6) is 0 Å². The zero-order chi connectivity index (χ0) is 17.5. The van der Waals surface area contributed by atoms with Gasteiger partial charge in [0.1, 0.15) is 5.37 Å². The molecule has 0 bridgehead atoms. The molecular weight excluding hydrogens is 336 g/mol. The summed E-state index contributed by atoms with van der Waals surface area (Å²) in [6.07, 6.45) is 0.923. The van der Waals surface area contributed by atoms with Crippen LogP contribution in [0.15, 0.2) is 83.8 Å². The number of hydrogen-bond donors (Lipinski definition) is 1. The number of para-hydroxylation sites is 2. The standard InChI is InChI=1S/C23H20N2S/c1-25-20-13-7-8-14-21(20)26-23(25)22-17-11-5-6-12-18(17)24-19(22)15-16-9-3-2-4-10-16/h2-14,23-24H,15H2,1H3. The summed E-state index contributed by atoms with van der Waals surface area (Å²) in [6.45, 7) is 0. The van der Waals surface area contributed by atoms with Crippen LogP contribution in [0.3, 0.4) is 0 Å². The van der Waals surface area contributed by atoms with E-state index in [1.165, 1.54) is 38.3 Å². The van der Waals surface area contributed by atoms with Gasteiger partial charge in [0.15, 0.2) is 0 Å². The van der Waals surface area contributed by atoms with Gasteiger partial charge in [-0.05, 0) is 23.8 Å². The molecule has 3 heteroatoms. The van der Waals surface area contributed by atoms with Gasteiger partial charge >= 0.3 is 0 Å². The summed E-state index contributed by atoms with van der Waals surface area (Å²) in [6, 6.07) is 28.1. The largest absolute Gasteiger partial charge is 0.358 e. The van der Waals surface area contributed by atoms with Crippen LogP contribution in [0.4, 0.5) is 5.69 Å². The molecule has 128 valence electrons. The second-order valence-corrected chi connectivity index (χ2v) is 7.90. The molecule has 0 aliphatic carbocycles. The van der Waals surface area contributed by atoms with E-state index in [1.54, 1.807) is 0 Å². The summed E-state index contributed by atoms with van der Waals surface area (Å²) < 4.78 is 0. The van der Waals surface area contributed by atoms with Crippen molar-refractivity contribution in [3.8, 4) is 0 Å². The Morgan fingerprint density at radius 1 is 0.885 bits per heavy atom. The monoisotopic (exact) mass is 356 g/mol. The first-order valence-corrected chi connectivity index (χ1v) is 9.81. The number of nitrogens with zero attached hydrogens (tertiary/aromatic N) is 1. The molecule has 5 rings (SSSR count). The van der Waals surface area contributed by atoms with E-state index in [2.05, 4.69) is 95.8 Å². The molecule has 1 aliphatic heterocycles. The summed E-state index contributed by atoms with van der Waals surface area (Å²) in [5, 5.41) is 1.62. The Bertz CT molecular complexity index is 1070. The molecule has 0 radical (unpaired) electrons. The van der Waals surface area contributed by atoms with Crippen molar-refractivity contribution in [2.24, 2.45) is 0 Å². The summed E-state index contributed by atoms with van der Waals surface area (Å²) in [5.74, 6) is 0. The Balaban J connectivity index is 1.64. The van der Waals surface area contributed by atoms with Crippen LogP contribution in [-0.2, 0) is 6.42 Å². The second-order valence-electron chi connectivity index (χ2n) is 6.77. The maximum Gasteiger partial charge on any atom is 0.107 e. The first-order valence-electron chi connectivity index (χ1n) is 8.93. The summed E-state index contributed by atoms with van der Waals surface area (Å²) in [4.78, 5) is 7.46. The van der Waals surface area contributed by atoms with Crippen LogP contribution < -0.4 is 4.90 Å². The van der Waals surface area contributed by atoms with Crippen molar-refractivity contribution in [3.63, 3.8) is 0 Å². The molecule has 1 aromatic heterocycles. The fourth-order valence-electron chi connectivity index (χ4n) is 3.87. The molecule has 1 aliphatic rings. The molecular formula is C23H20N2S. The van der Waals surface area contributed by atoms with Gasteiger partial charge < -0.3 is 9.88 Å². The molecule has 2 nitrogen and oxygen atoms in total. The number of fused-ring (bicyclic) bond motifs is 2. The molecule has 1 N–H and O–H groups in total. The molecule has 0 saturated carbocycles. The Kier molecular flexibility index (Phi) is 3.75. The number of thioether (sulfide) groups is 1. The second kappa shape index (κ2) is 6.26. The SMILES string of the molecule is CN1c2ccccc2SC1c1c(Cc2ccccc2)[nH]c2ccccc12. The highest BCUT2D eigenvalue weighted by Gasteiger charge is 2.32. The van der Waals surface area contributed by atoms with E-state index in [9.17, 15) is 0 Å². The first-order chi connectivity index (χ1) is 12.8. The van der Waals surface area contributed by atoms with Crippen LogP contribution in [0, 0.1) is 0 Å². The Morgan fingerprint density at radius 3 is 2.46 bits per heavy atom. The third kappa shape index (κ3) is 2.51. The van der Waals surface area contributed by atoms with Crippen LogP contribution in [0.25, 0.3) is 10.9 Å². The topological polar surface area (TPSA) is 19.0 Å². The third-order valence-corrected chi connectivity index (χ3v) is 6.51. The lowest BCUT2D eigenvalue weighted by Crippen LogP contribution is -2.18. The molecule has 26 heavy (non-hydrogen) atoms. The van der Waals surface area contributed by atoms with Crippen molar-refractivity contribution in [2.75, 3.05) is 11.9 Å². The lowest BCUT2D eigenvalue weighted by molar-refractivity contribution is 0.899. The fraction of sp³-hybridized carbons (Fsp3) is 0.130. The van der Waals surface area contributed by atoms with Gasteiger partial charge in [-0.15, -0.1) is 0 Å². The third-order valence-electron chi connectivity index (χ3n) is 5.13. The molecule has 1 atom stereocenters. The van der Waals surface area contributed by atoms with E-state index in [0.29, 0.717) is 5.37 Å². The van der Waals surface area contributed by atoms with Gasteiger partial charge in [-0.25, -0.2) is 0 Å². The quantitative estimate of drug-likeness (QED) is 0.485. The zero-order valence-electron chi connectivity index (χ0n) is 14.6. The van der Waals surface area contributed by atoms with Crippen LogP contribution in [0.1, 0.15) is 22.2 Å². The predicted octanol–water partition coefficient (Wildman–Crippen LogP) is 6.00. The van der Waals surface area contributed by atoms with Crippen LogP contribution >= 0.6 is 11.8 Å². The molecule has 3 aromatic carbocycles. The molecule has 0 spiro atoms. The highest BCUT2D eigenvalue weighted by molar-refractivity contribution is 8.00. The van der Waals surface area contributed by atoms with Crippen molar-refractivity contribution < 1.29 is 0 Å². The van der Waals surface area contributed by atoms with Gasteiger partial charge in [-0.3, -0.25) is 0 Å². The first kappa shape index (κ1) is 15.6. The number of aromatic amines is 1. The van der Waals surface area contributed by atoms with E-state index >= 15 is 0 Å². The van der Waals surface area contributed by atoms with E-state index in [4.69, 9.17) is 0 Å². The molecule has 1 unspecified atom stereocenters. The number of anilines is 1. The molecule has 0 amide bonds. The zero-order valence-corrected chi connectivity index (χ0v) is 15.5. The molecule has 2 heterocycles. The minimum Gasteiger partial charge on any atom is -0.358 e.